The zero-order chi connectivity index (χ0) is 40.9. The lowest BCUT2D eigenvalue weighted by Crippen LogP contribution is -2.13. The summed E-state index contributed by atoms with van der Waals surface area (Å²) in [6.07, 6.45) is 1.35. The van der Waals surface area contributed by atoms with Crippen molar-refractivity contribution in [3.63, 3.8) is 0 Å². The van der Waals surface area contributed by atoms with E-state index in [4.69, 9.17) is 24.4 Å². The van der Waals surface area contributed by atoms with Crippen LogP contribution in [-0.2, 0) is 0 Å². The largest absolute Gasteiger partial charge is 0.198 e. The second-order valence-corrected chi connectivity index (χ2v) is 19.8. The molecule has 0 radical (unpaired) electrons. The number of hydrogen-bond acceptors (Lipinski definition) is 6. The highest BCUT2D eigenvalue weighted by Gasteiger charge is 2.28. The zero-order valence-electron chi connectivity index (χ0n) is 33.1. The van der Waals surface area contributed by atoms with E-state index in [0.29, 0.717) is 12.8 Å². The number of thioether (sulfide) groups is 2. The summed E-state index contributed by atoms with van der Waals surface area (Å²) in [7, 11) is 0. The van der Waals surface area contributed by atoms with Gasteiger partial charge >= 0.3 is 0 Å². The average molecular weight is 825 g/mol. The van der Waals surface area contributed by atoms with Crippen LogP contribution in [-0.4, -0.2) is 8.39 Å². The van der Waals surface area contributed by atoms with Gasteiger partial charge in [0.05, 0.1) is 31.4 Å². The highest BCUT2D eigenvalue weighted by atomic mass is 32.2. The van der Waals surface area contributed by atoms with Gasteiger partial charge in [-0.2, -0.15) is 10.5 Å². The minimum atomic E-state index is -0.509. The van der Waals surface area contributed by atoms with Crippen LogP contribution in [0.1, 0.15) is 73.3 Å². The van der Waals surface area contributed by atoms with Gasteiger partial charge in [-0.25, -0.2) is 0 Å². The van der Waals surface area contributed by atoms with Crippen molar-refractivity contribution in [3.05, 3.63) is 180 Å². The minimum absolute atomic E-state index is 0.0214. The fraction of sp³-hybridized carbons (Fsp3) is 0.192. The van der Waals surface area contributed by atoms with Crippen molar-refractivity contribution < 1.29 is 0 Å². The van der Waals surface area contributed by atoms with E-state index in [1.807, 2.05) is 64.1 Å². The van der Waals surface area contributed by atoms with Crippen LogP contribution in [0.15, 0.2) is 158 Å². The molecule has 0 aromatic heterocycles. The number of thiocarbonyl (C=S) groups is 2. The van der Waals surface area contributed by atoms with Gasteiger partial charge in [-0.05, 0) is 107 Å². The second-order valence-electron chi connectivity index (χ2n) is 16.0. The normalized spacial score (nSPS) is 12.7. The highest BCUT2D eigenvalue weighted by Crippen LogP contribution is 2.47. The van der Waals surface area contributed by atoms with Gasteiger partial charge in [0.2, 0.25) is 0 Å². The van der Waals surface area contributed by atoms with Crippen LogP contribution in [0.3, 0.4) is 0 Å². The number of hydrogen-bond donors (Lipinski definition) is 0. The molecule has 0 spiro atoms. The summed E-state index contributed by atoms with van der Waals surface area (Å²) in [4.78, 5) is 0. The first-order chi connectivity index (χ1) is 28.0. The Hall–Kier alpha value is -5.08. The van der Waals surface area contributed by atoms with E-state index in [0.717, 1.165) is 41.8 Å². The predicted molar refractivity (Wildman–Crippen MR) is 257 cm³/mol. The summed E-state index contributed by atoms with van der Waals surface area (Å²) in [5.41, 5.74) is 8.02. The Morgan fingerprint density at radius 3 is 1.05 bits per heavy atom. The first-order valence-corrected chi connectivity index (χ1v) is 22.0. The van der Waals surface area contributed by atoms with Gasteiger partial charge in [0.25, 0.3) is 0 Å². The Balaban J connectivity index is 1.27. The molecule has 0 heterocycles. The third-order valence-corrected chi connectivity index (χ3v) is 14.0. The molecule has 6 heteroatoms. The molecule has 58 heavy (non-hydrogen) atoms. The SMILES string of the molecule is CC(C)(C#N)CC(SC(=S)c1ccccc1)c1ccc(-c2c3ccccc3c(-c3ccc(C(CC(C)(C)C#N)SC(=S)c4ccccc4)cc3)c3ccccc23)cc1. The lowest BCUT2D eigenvalue weighted by molar-refractivity contribution is 0.448. The maximum absolute atomic E-state index is 9.99. The fourth-order valence-corrected chi connectivity index (χ4v) is 11.1. The molecule has 0 fully saturated rings. The van der Waals surface area contributed by atoms with Gasteiger partial charge in [0, 0.05) is 10.5 Å². The molecule has 7 aromatic carbocycles. The summed E-state index contributed by atoms with van der Waals surface area (Å²) in [5.74, 6) is 0. The molecule has 2 atom stereocenters. The van der Waals surface area contributed by atoms with E-state index >= 15 is 0 Å². The van der Waals surface area contributed by atoms with Crippen LogP contribution < -0.4 is 0 Å². The molecule has 7 aromatic rings. The van der Waals surface area contributed by atoms with Crippen molar-refractivity contribution in [2.45, 2.75) is 51.0 Å². The van der Waals surface area contributed by atoms with Crippen LogP contribution in [0.4, 0.5) is 0 Å². The maximum Gasteiger partial charge on any atom is 0.0784 e. The van der Waals surface area contributed by atoms with Gasteiger partial charge in [-0.3, -0.25) is 0 Å². The average Bonchev–Trinajstić information content (AvgIpc) is 3.25. The summed E-state index contributed by atoms with van der Waals surface area (Å²) in [5, 5.41) is 24.8. The molecular weight excluding hydrogens is 781 g/mol. The van der Waals surface area contributed by atoms with E-state index in [1.54, 1.807) is 23.5 Å². The molecule has 0 N–H and O–H groups in total. The molecule has 0 saturated carbocycles. The molecule has 7 rings (SSSR count). The third kappa shape index (κ3) is 9.28. The van der Waals surface area contributed by atoms with Gasteiger partial charge in [-0.1, -0.05) is 182 Å². The maximum atomic E-state index is 9.99. The van der Waals surface area contributed by atoms with Crippen LogP contribution in [0.25, 0.3) is 43.8 Å². The molecule has 2 unspecified atom stereocenters. The second kappa shape index (κ2) is 17.8. The third-order valence-electron chi connectivity index (χ3n) is 10.6. The van der Waals surface area contributed by atoms with E-state index in [-0.39, 0.29) is 10.5 Å². The number of nitriles is 2. The molecule has 0 saturated heterocycles. The van der Waals surface area contributed by atoms with E-state index < -0.39 is 10.8 Å². The van der Waals surface area contributed by atoms with Gasteiger partial charge in [0.15, 0.2) is 0 Å². The molecule has 0 aliphatic heterocycles. The van der Waals surface area contributed by atoms with E-state index in [2.05, 4.69) is 133 Å². The van der Waals surface area contributed by atoms with Crippen molar-refractivity contribution in [2.24, 2.45) is 10.8 Å². The van der Waals surface area contributed by atoms with Crippen molar-refractivity contribution in [1.82, 2.24) is 0 Å². The zero-order valence-corrected chi connectivity index (χ0v) is 36.4. The Labute approximate surface area is 362 Å². The summed E-state index contributed by atoms with van der Waals surface area (Å²) < 4.78 is 1.67. The fourth-order valence-electron chi connectivity index (χ4n) is 7.50. The van der Waals surface area contributed by atoms with Gasteiger partial charge in [-0.15, -0.1) is 23.5 Å². The molecule has 0 amide bonds. The molecule has 286 valence electrons. The lowest BCUT2D eigenvalue weighted by atomic mass is 9.84. The summed E-state index contributed by atoms with van der Waals surface area (Å²) in [6.45, 7) is 8.01. The lowest BCUT2D eigenvalue weighted by Gasteiger charge is -2.25. The summed E-state index contributed by atoms with van der Waals surface area (Å²) >= 11 is 15.2. The molecule has 2 nitrogen and oxygen atoms in total. The summed E-state index contributed by atoms with van der Waals surface area (Å²) in [6, 6.07) is 60.5. The Morgan fingerprint density at radius 2 is 0.759 bits per heavy atom. The van der Waals surface area contributed by atoms with Gasteiger partial charge in [0.1, 0.15) is 0 Å². The molecule has 0 bridgehead atoms. The van der Waals surface area contributed by atoms with Crippen LogP contribution in [0.2, 0.25) is 0 Å². The first-order valence-electron chi connectivity index (χ1n) is 19.5. The molecular formula is C52H44N2S4. The quantitative estimate of drug-likeness (QED) is 0.0903. The monoisotopic (exact) mass is 824 g/mol. The van der Waals surface area contributed by atoms with Crippen molar-refractivity contribution >= 4 is 77.9 Å². The number of rotatable bonds is 12. The van der Waals surface area contributed by atoms with Crippen molar-refractivity contribution in [2.75, 3.05) is 0 Å². The van der Waals surface area contributed by atoms with Crippen LogP contribution >= 0.6 is 48.0 Å². The van der Waals surface area contributed by atoms with Crippen LogP contribution in [0.5, 0.6) is 0 Å². The van der Waals surface area contributed by atoms with E-state index in [1.165, 1.54) is 32.7 Å². The first kappa shape index (κ1) is 41.1. The van der Waals surface area contributed by atoms with Gasteiger partial charge < -0.3 is 0 Å². The smallest absolute Gasteiger partial charge is 0.0784 e. The Morgan fingerprint density at radius 1 is 0.466 bits per heavy atom. The van der Waals surface area contributed by atoms with Crippen LogP contribution in [0, 0.1) is 33.5 Å². The van der Waals surface area contributed by atoms with E-state index in [9.17, 15) is 10.5 Å². The molecule has 0 aliphatic rings. The topological polar surface area (TPSA) is 47.6 Å². The molecule has 0 aliphatic carbocycles. The number of nitrogens with zero attached hydrogens (tertiary/aromatic N) is 2. The minimum Gasteiger partial charge on any atom is -0.198 e. The van der Waals surface area contributed by atoms with Crippen molar-refractivity contribution in [1.29, 1.82) is 10.5 Å². The Bertz CT molecular complexity index is 2430. The van der Waals surface area contributed by atoms with Crippen molar-refractivity contribution in [3.8, 4) is 34.4 Å². The standard InChI is InChI=1S/C52H44N2S4/c1-51(2,33-53)31-45(57-49(55)39-15-7-5-8-16-39)35-23-27-37(28-24-35)47-41-19-11-13-21-43(41)48(44-22-14-12-20-42(44)47)38-29-25-36(26-30-38)46(32-52(3,4)34-54)58-50(56)40-17-9-6-10-18-40/h5-30,45-46H,31-32H2,1-4H3. The number of benzene rings is 7. The number of fused-ring (bicyclic) bond motifs is 2. The Kier molecular flexibility index (Phi) is 12.6. The highest BCUT2D eigenvalue weighted by molar-refractivity contribution is 8.24. The predicted octanol–water partition coefficient (Wildman–Crippen LogP) is 15.5.